The largest absolute Gasteiger partial charge is 0.303 e. The predicted octanol–water partition coefficient (Wildman–Crippen LogP) is 3.46. The van der Waals surface area contributed by atoms with Gasteiger partial charge in [0.1, 0.15) is 6.29 Å². The molecule has 2 aromatic rings. The summed E-state index contributed by atoms with van der Waals surface area (Å²) in [4.78, 5) is 13.0. The molecular formula is C13H12OS. The molecule has 0 spiro atoms. The first-order valence-corrected chi connectivity index (χ1v) is 5.71. The molecule has 1 aromatic heterocycles. The van der Waals surface area contributed by atoms with Crippen molar-refractivity contribution in [3.63, 3.8) is 0 Å². The van der Waals surface area contributed by atoms with Crippen molar-refractivity contribution >= 4 is 17.6 Å². The lowest BCUT2D eigenvalue weighted by Gasteiger charge is -1.99. The third-order valence-electron chi connectivity index (χ3n) is 2.27. The highest BCUT2D eigenvalue weighted by molar-refractivity contribution is 7.15. The molecule has 0 fully saturated rings. The van der Waals surface area contributed by atoms with E-state index in [0.717, 1.165) is 11.8 Å². The first-order valence-electron chi connectivity index (χ1n) is 4.89. The number of rotatable bonds is 3. The Bertz CT molecular complexity index is 457. The molecule has 2 rings (SSSR count). The number of thiophene rings is 1. The van der Waals surface area contributed by atoms with Crippen molar-refractivity contribution in [1.82, 2.24) is 0 Å². The highest BCUT2D eigenvalue weighted by Crippen LogP contribution is 2.32. The Morgan fingerprint density at radius 2 is 2.00 bits per heavy atom. The highest BCUT2D eigenvalue weighted by Gasteiger charge is 2.07. The average Bonchev–Trinajstić information content (AvgIpc) is 2.62. The lowest BCUT2D eigenvalue weighted by Crippen LogP contribution is -1.85. The van der Waals surface area contributed by atoms with Crippen LogP contribution in [0.1, 0.15) is 10.4 Å². The number of hydrogen-bond acceptors (Lipinski definition) is 2. The van der Waals surface area contributed by atoms with Gasteiger partial charge in [0.25, 0.3) is 0 Å². The van der Waals surface area contributed by atoms with Crippen LogP contribution in [0.25, 0.3) is 10.4 Å². The molecule has 0 saturated carbocycles. The third kappa shape index (κ3) is 2.16. The summed E-state index contributed by atoms with van der Waals surface area (Å²) in [6, 6.07) is 12.3. The van der Waals surface area contributed by atoms with Gasteiger partial charge >= 0.3 is 0 Å². The molecule has 0 bridgehead atoms. The maximum atomic E-state index is 10.6. The molecule has 76 valence electrons. The van der Waals surface area contributed by atoms with Crippen molar-refractivity contribution in [2.24, 2.45) is 0 Å². The molecule has 0 N–H and O–H groups in total. The number of benzene rings is 1. The zero-order valence-electron chi connectivity index (χ0n) is 8.57. The second kappa shape index (κ2) is 4.41. The second-order valence-electron chi connectivity index (χ2n) is 3.45. The Morgan fingerprint density at radius 3 is 2.67 bits per heavy atom. The fourth-order valence-electron chi connectivity index (χ4n) is 1.64. The van der Waals surface area contributed by atoms with Crippen molar-refractivity contribution in [3.05, 3.63) is 46.8 Å². The van der Waals surface area contributed by atoms with Crippen LogP contribution in [-0.2, 0) is 11.2 Å². The van der Waals surface area contributed by atoms with E-state index in [4.69, 9.17) is 0 Å². The van der Waals surface area contributed by atoms with Crippen LogP contribution in [0.3, 0.4) is 0 Å². The Labute approximate surface area is 93.4 Å². The van der Waals surface area contributed by atoms with Crippen LogP contribution in [0.4, 0.5) is 0 Å². The van der Waals surface area contributed by atoms with Gasteiger partial charge in [-0.25, -0.2) is 0 Å². The average molecular weight is 216 g/mol. The van der Waals surface area contributed by atoms with Gasteiger partial charge in [-0.1, -0.05) is 30.3 Å². The molecule has 15 heavy (non-hydrogen) atoms. The molecular weight excluding hydrogens is 204 g/mol. The van der Waals surface area contributed by atoms with Gasteiger partial charge in [0.15, 0.2) is 0 Å². The molecule has 0 aliphatic rings. The maximum absolute atomic E-state index is 10.6. The summed E-state index contributed by atoms with van der Waals surface area (Å²) in [5.41, 5.74) is 2.34. The number of carbonyl (C=O) groups excluding carboxylic acids is 1. The molecule has 1 nitrogen and oxygen atoms in total. The van der Waals surface area contributed by atoms with E-state index < -0.39 is 0 Å². The number of aldehydes is 1. The lowest BCUT2D eigenvalue weighted by molar-refractivity contribution is -0.107. The van der Waals surface area contributed by atoms with Gasteiger partial charge in [-0.15, -0.1) is 11.3 Å². The minimum atomic E-state index is 0.508. The Morgan fingerprint density at radius 1 is 1.27 bits per heavy atom. The maximum Gasteiger partial charge on any atom is 0.124 e. The first-order chi connectivity index (χ1) is 7.31. The summed E-state index contributed by atoms with van der Waals surface area (Å²) in [5.74, 6) is 0. The molecule has 0 radical (unpaired) electrons. The normalized spacial score (nSPS) is 10.2. The van der Waals surface area contributed by atoms with Crippen molar-refractivity contribution in [3.8, 4) is 10.4 Å². The summed E-state index contributed by atoms with van der Waals surface area (Å²) in [6.07, 6.45) is 1.47. The summed E-state index contributed by atoms with van der Waals surface area (Å²) < 4.78 is 0. The van der Waals surface area contributed by atoms with E-state index in [9.17, 15) is 4.79 Å². The SMILES string of the molecule is Cc1cc(CC=O)c(-c2ccccc2)s1. The van der Waals surface area contributed by atoms with Gasteiger partial charge in [0.2, 0.25) is 0 Å². The van der Waals surface area contributed by atoms with Crippen LogP contribution in [0, 0.1) is 6.92 Å². The van der Waals surface area contributed by atoms with E-state index in [-0.39, 0.29) is 0 Å². The zero-order chi connectivity index (χ0) is 10.7. The lowest BCUT2D eigenvalue weighted by atomic mass is 10.1. The van der Waals surface area contributed by atoms with Gasteiger partial charge in [-0.3, -0.25) is 0 Å². The van der Waals surface area contributed by atoms with Crippen molar-refractivity contribution in [2.45, 2.75) is 13.3 Å². The summed E-state index contributed by atoms with van der Waals surface area (Å²) in [6.45, 7) is 2.07. The Hall–Kier alpha value is -1.41. The van der Waals surface area contributed by atoms with Crippen LogP contribution in [-0.4, -0.2) is 6.29 Å². The van der Waals surface area contributed by atoms with Crippen LogP contribution >= 0.6 is 11.3 Å². The minimum Gasteiger partial charge on any atom is -0.303 e. The predicted molar refractivity (Wildman–Crippen MR) is 64.3 cm³/mol. The van der Waals surface area contributed by atoms with E-state index in [2.05, 4.69) is 25.1 Å². The molecule has 2 heteroatoms. The second-order valence-corrected chi connectivity index (χ2v) is 4.70. The molecule has 0 aliphatic heterocycles. The number of carbonyl (C=O) groups is 1. The van der Waals surface area contributed by atoms with Gasteiger partial charge in [0, 0.05) is 16.2 Å². The van der Waals surface area contributed by atoms with E-state index in [1.807, 2.05) is 18.2 Å². The molecule has 0 atom stereocenters. The number of hydrogen-bond donors (Lipinski definition) is 0. The first kappa shape index (κ1) is 10.1. The van der Waals surface area contributed by atoms with Crippen molar-refractivity contribution < 1.29 is 4.79 Å². The topological polar surface area (TPSA) is 17.1 Å². The van der Waals surface area contributed by atoms with Crippen LogP contribution in [0.2, 0.25) is 0 Å². The summed E-state index contributed by atoms with van der Waals surface area (Å²) in [5, 5.41) is 0. The quantitative estimate of drug-likeness (QED) is 0.718. The molecule has 0 amide bonds. The number of aryl methyl sites for hydroxylation is 1. The molecule has 0 unspecified atom stereocenters. The van der Waals surface area contributed by atoms with E-state index in [1.54, 1.807) is 11.3 Å². The van der Waals surface area contributed by atoms with E-state index in [0.29, 0.717) is 6.42 Å². The monoisotopic (exact) mass is 216 g/mol. The van der Waals surface area contributed by atoms with E-state index >= 15 is 0 Å². The molecule has 0 saturated heterocycles. The smallest absolute Gasteiger partial charge is 0.124 e. The fourth-order valence-corrected chi connectivity index (χ4v) is 2.69. The van der Waals surface area contributed by atoms with Gasteiger partial charge in [-0.2, -0.15) is 0 Å². The molecule has 1 heterocycles. The minimum absolute atomic E-state index is 0.508. The van der Waals surface area contributed by atoms with E-state index in [1.165, 1.54) is 15.3 Å². The van der Waals surface area contributed by atoms with Gasteiger partial charge < -0.3 is 4.79 Å². The summed E-state index contributed by atoms with van der Waals surface area (Å²) >= 11 is 1.75. The van der Waals surface area contributed by atoms with Crippen molar-refractivity contribution in [2.75, 3.05) is 0 Å². The molecule has 1 aromatic carbocycles. The Balaban J connectivity index is 2.47. The van der Waals surface area contributed by atoms with Crippen molar-refractivity contribution in [1.29, 1.82) is 0 Å². The third-order valence-corrected chi connectivity index (χ3v) is 3.41. The molecule has 0 aliphatic carbocycles. The van der Waals surface area contributed by atoms with Gasteiger partial charge in [-0.05, 0) is 24.1 Å². The fraction of sp³-hybridized carbons (Fsp3) is 0.154. The van der Waals surface area contributed by atoms with Crippen LogP contribution < -0.4 is 0 Å². The highest BCUT2D eigenvalue weighted by atomic mass is 32.1. The standard InChI is InChI=1S/C13H12OS/c1-10-9-12(7-8-14)13(15-10)11-5-3-2-4-6-11/h2-6,8-9H,7H2,1H3. The zero-order valence-corrected chi connectivity index (χ0v) is 9.38. The Kier molecular flexibility index (Phi) is 2.97. The van der Waals surface area contributed by atoms with Gasteiger partial charge in [0.05, 0.1) is 0 Å². The van der Waals surface area contributed by atoms with Crippen LogP contribution in [0.5, 0.6) is 0 Å². The van der Waals surface area contributed by atoms with Crippen LogP contribution in [0.15, 0.2) is 36.4 Å². The summed E-state index contributed by atoms with van der Waals surface area (Å²) in [7, 11) is 0.